The van der Waals surface area contributed by atoms with Crippen molar-refractivity contribution in [3.05, 3.63) is 34.9 Å². The first-order valence-electron chi connectivity index (χ1n) is 5.30. The molecule has 0 saturated carbocycles. The van der Waals surface area contributed by atoms with Gasteiger partial charge in [-0.2, -0.15) is 0 Å². The molecule has 0 aliphatic carbocycles. The number of halogens is 1. The Morgan fingerprint density at radius 3 is 2.50 bits per heavy atom. The second-order valence-electron chi connectivity index (χ2n) is 3.68. The SMILES string of the molecule is COC(=O)C[C@H](NCc1ccc(Cl)cc1)C(=O)O. The molecule has 0 aromatic heterocycles. The molecule has 0 heterocycles. The topological polar surface area (TPSA) is 75.6 Å². The standard InChI is InChI=1S/C12H14ClNO4/c1-18-11(15)6-10(12(16)17)14-7-8-2-4-9(13)5-3-8/h2-5,10,14H,6-7H2,1H3,(H,16,17)/t10-/m0/s1. The highest BCUT2D eigenvalue weighted by atomic mass is 35.5. The van der Waals surface area contributed by atoms with Crippen LogP contribution in [0.4, 0.5) is 0 Å². The van der Waals surface area contributed by atoms with Gasteiger partial charge in [-0.1, -0.05) is 23.7 Å². The molecule has 0 spiro atoms. The summed E-state index contributed by atoms with van der Waals surface area (Å²) in [7, 11) is 1.22. The molecule has 0 aliphatic rings. The number of rotatable bonds is 6. The lowest BCUT2D eigenvalue weighted by Gasteiger charge is -2.13. The summed E-state index contributed by atoms with van der Waals surface area (Å²) in [4.78, 5) is 22.0. The third-order valence-electron chi connectivity index (χ3n) is 2.36. The van der Waals surface area contributed by atoms with Gasteiger partial charge in [-0.25, -0.2) is 0 Å². The first kappa shape index (κ1) is 14.5. The Hall–Kier alpha value is -1.59. The summed E-state index contributed by atoms with van der Waals surface area (Å²) in [5.74, 6) is -1.65. The molecule has 0 bridgehead atoms. The Balaban J connectivity index is 2.54. The van der Waals surface area contributed by atoms with Crippen LogP contribution in [0.2, 0.25) is 5.02 Å². The lowest BCUT2D eigenvalue weighted by molar-refractivity contribution is -0.147. The van der Waals surface area contributed by atoms with Gasteiger partial charge in [-0.3, -0.25) is 14.9 Å². The van der Waals surface area contributed by atoms with Gasteiger partial charge in [0.05, 0.1) is 13.5 Å². The Labute approximate surface area is 110 Å². The van der Waals surface area contributed by atoms with E-state index in [-0.39, 0.29) is 6.42 Å². The number of hydrogen-bond donors (Lipinski definition) is 2. The van der Waals surface area contributed by atoms with Gasteiger partial charge >= 0.3 is 11.9 Å². The summed E-state index contributed by atoms with van der Waals surface area (Å²) in [5, 5.41) is 12.3. The predicted molar refractivity (Wildman–Crippen MR) is 66.3 cm³/mol. The zero-order chi connectivity index (χ0) is 13.5. The van der Waals surface area contributed by atoms with E-state index in [0.29, 0.717) is 11.6 Å². The van der Waals surface area contributed by atoms with Crippen LogP contribution in [-0.2, 0) is 20.9 Å². The van der Waals surface area contributed by atoms with E-state index in [1.807, 2.05) is 0 Å². The van der Waals surface area contributed by atoms with E-state index < -0.39 is 18.0 Å². The maximum atomic E-state index is 11.0. The molecular weight excluding hydrogens is 258 g/mol. The molecule has 0 saturated heterocycles. The average molecular weight is 272 g/mol. The van der Waals surface area contributed by atoms with Crippen molar-refractivity contribution < 1.29 is 19.4 Å². The number of esters is 1. The van der Waals surface area contributed by atoms with Crippen molar-refractivity contribution in [2.75, 3.05) is 7.11 Å². The molecule has 0 unspecified atom stereocenters. The lowest BCUT2D eigenvalue weighted by Crippen LogP contribution is -2.38. The molecule has 0 amide bonds. The number of carboxylic acid groups (broad SMARTS) is 1. The minimum absolute atomic E-state index is 0.209. The van der Waals surface area contributed by atoms with Crippen molar-refractivity contribution in [1.29, 1.82) is 0 Å². The van der Waals surface area contributed by atoms with Crippen molar-refractivity contribution in [3.63, 3.8) is 0 Å². The fourth-order valence-corrected chi connectivity index (χ4v) is 1.47. The van der Waals surface area contributed by atoms with E-state index >= 15 is 0 Å². The number of aliphatic carboxylic acids is 1. The maximum absolute atomic E-state index is 11.0. The summed E-state index contributed by atoms with van der Waals surface area (Å²) < 4.78 is 4.44. The molecule has 1 aromatic rings. The normalized spacial score (nSPS) is 11.9. The fraction of sp³-hybridized carbons (Fsp3) is 0.333. The van der Waals surface area contributed by atoms with Gasteiger partial charge in [0, 0.05) is 11.6 Å². The number of carboxylic acids is 1. The summed E-state index contributed by atoms with van der Waals surface area (Å²) >= 11 is 5.74. The molecule has 0 radical (unpaired) electrons. The number of carbonyl (C=O) groups is 2. The fourth-order valence-electron chi connectivity index (χ4n) is 1.34. The van der Waals surface area contributed by atoms with Crippen molar-refractivity contribution in [3.8, 4) is 0 Å². The Morgan fingerprint density at radius 1 is 1.39 bits per heavy atom. The lowest BCUT2D eigenvalue weighted by atomic mass is 10.1. The van der Waals surface area contributed by atoms with Gasteiger partial charge in [0.25, 0.3) is 0 Å². The quantitative estimate of drug-likeness (QED) is 0.766. The van der Waals surface area contributed by atoms with Gasteiger partial charge in [0.2, 0.25) is 0 Å². The molecule has 98 valence electrons. The van der Waals surface area contributed by atoms with E-state index in [1.54, 1.807) is 24.3 Å². The van der Waals surface area contributed by atoms with Gasteiger partial charge in [-0.15, -0.1) is 0 Å². The summed E-state index contributed by atoms with van der Waals surface area (Å²) in [5.41, 5.74) is 0.885. The number of methoxy groups -OCH3 is 1. The van der Waals surface area contributed by atoms with Crippen LogP contribution < -0.4 is 5.32 Å². The summed E-state index contributed by atoms with van der Waals surface area (Å²) in [6, 6.07) is 6.04. The highest BCUT2D eigenvalue weighted by Crippen LogP contribution is 2.09. The number of hydrogen-bond acceptors (Lipinski definition) is 4. The van der Waals surface area contributed by atoms with Crippen LogP contribution in [0, 0.1) is 0 Å². The third-order valence-corrected chi connectivity index (χ3v) is 2.61. The zero-order valence-corrected chi connectivity index (χ0v) is 10.6. The molecule has 18 heavy (non-hydrogen) atoms. The highest BCUT2D eigenvalue weighted by Gasteiger charge is 2.20. The third kappa shape index (κ3) is 4.73. The largest absolute Gasteiger partial charge is 0.480 e. The minimum atomic E-state index is -1.09. The molecule has 0 fully saturated rings. The summed E-state index contributed by atoms with van der Waals surface area (Å²) in [6.07, 6.45) is -0.209. The van der Waals surface area contributed by atoms with E-state index in [2.05, 4.69) is 10.1 Å². The van der Waals surface area contributed by atoms with Gasteiger partial charge < -0.3 is 9.84 Å². The second kappa shape index (κ2) is 6.98. The number of nitrogens with one attached hydrogen (secondary N) is 1. The van der Waals surface area contributed by atoms with Crippen molar-refractivity contribution >= 4 is 23.5 Å². The van der Waals surface area contributed by atoms with Crippen LogP contribution >= 0.6 is 11.6 Å². The average Bonchev–Trinajstić information content (AvgIpc) is 2.35. The monoisotopic (exact) mass is 271 g/mol. The van der Waals surface area contributed by atoms with E-state index in [0.717, 1.165) is 5.56 Å². The molecule has 5 nitrogen and oxygen atoms in total. The molecule has 6 heteroatoms. The van der Waals surface area contributed by atoms with E-state index in [9.17, 15) is 9.59 Å². The molecule has 0 aliphatic heterocycles. The Kier molecular flexibility index (Phi) is 5.61. The Bertz CT molecular complexity index is 419. The van der Waals surface area contributed by atoms with Crippen LogP contribution in [0.3, 0.4) is 0 Å². The van der Waals surface area contributed by atoms with Gasteiger partial charge in [-0.05, 0) is 17.7 Å². The van der Waals surface area contributed by atoms with Crippen LogP contribution in [0.1, 0.15) is 12.0 Å². The first-order valence-corrected chi connectivity index (χ1v) is 5.68. The number of ether oxygens (including phenoxy) is 1. The van der Waals surface area contributed by atoms with E-state index in [1.165, 1.54) is 7.11 Å². The highest BCUT2D eigenvalue weighted by molar-refractivity contribution is 6.30. The molecule has 1 atom stereocenters. The van der Waals surface area contributed by atoms with Gasteiger partial charge in [0.1, 0.15) is 6.04 Å². The smallest absolute Gasteiger partial charge is 0.321 e. The van der Waals surface area contributed by atoms with Crippen LogP contribution in [0.15, 0.2) is 24.3 Å². The van der Waals surface area contributed by atoms with Crippen molar-refractivity contribution in [1.82, 2.24) is 5.32 Å². The maximum Gasteiger partial charge on any atom is 0.321 e. The van der Waals surface area contributed by atoms with Crippen LogP contribution in [0.25, 0.3) is 0 Å². The minimum Gasteiger partial charge on any atom is -0.480 e. The molecule has 1 rings (SSSR count). The summed E-state index contributed by atoms with van der Waals surface area (Å²) in [6.45, 7) is 0.338. The van der Waals surface area contributed by atoms with Crippen LogP contribution in [0.5, 0.6) is 0 Å². The zero-order valence-electron chi connectivity index (χ0n) is 9.85. The van der Waals surface area contributed by atoms with Gasteiger partial charge in [0.15, 0.2) is 0 Å². The molecule has 1 aromatic carbocycles. The number of benzene rings is 1. The molecule has 2 N–H and O–H groups in total. The predicted octanol–water partition coefficient (Wildman–Crippen LogP) is 1.45. The van der Waals surface area contributed by atoms with Crippen molar-refractivity contribution in [2.45, 2.75) is 19.0 Å². The molecular formula is C12H14ClNO4. The first-order chi connectivity index (χ1) is 8.52. The second-order valence-corrected chi connectivity index (χ2v) is 4.11. The van der Waals surface area contributed by atoms with E-state index in [4.69, 9.17) is 16.7 Å². The Morgan fingerprint density at radius 2 is 2.00 bits per heavy atom. The van der Waals surface area contributed by atoms with Crippen molar-refractivity contribution in [2.24, 2.45) is 0 Å². The van der Waals surface area contributed by atoms with Crippen LogP contribution in [-0.4, -0.2) is 30.2 Å². The number of carbonyl (C=O) groups excluding carboxylic acids is 1.